The highest BCUT2D eigenvalue weighted by Gasteiger charge is 2.25. The van der Waals surface area contributed by atoms with Crippen LogP contribution in [-0.4, -0.2) is 28.0 Å². The van der Waals surface area contributed by atoms with Crippen molar-refractivity contribution in [3.8, 4) is 5.69 Å². The lowest BCUT2D eigenvalue weighted by atomic mass is 10.1. The zero-order chi connectivity index (χ0) is 23.8. The van der Waals surface area contributed by atoms with Crippen molar-refractivity contribution in [1.29, 1.82) is 0 Å². The van der Waals surface area contributed by atoms with Crippen molar-refractivity contribution in [2.45, 2.75) is 6.92 Å². The number of nitrogens with zero attached hydrogens (tertiary/aromatic N) is 2. The van der Waals surface area contributed by atoms with Crippen LogP contribution in [0.15, 0.2) is 76.0 Å². The van der Waals surface area contributed by atoms with Crippen molar-refractivity contribution in [3.63, 3.8) is 0 Å². The fraction of sp³-hybridized carbons (Fsp3) is 0.0769. The average Bonchev–Trinajstić information content (AvgIpc) is 3.14. The SMILES string of the molecule is CCOC(=O)c1ccc(-n2c(/C=C3/C(=O)Nc4ccc(Br)cc43)nc3ccccc3c2=O)cc1. The molecule has 0 atom stereocenters. The number of nitrogens with one attached hydrogen (secondary N) is 1. The van der Waals surface area contributed by atoms with Crippen molar-refractivity contribution in [1.82, 2.24) is 9.55 Å². The Morgan fingerprint density at radius 3 is 2.62 bits per heavy atom. The first kappa shape index (κ1) is 21.8. The minimum atomic E-state index is -0.440. The highest BCUT2D eigenvalue weighted by molar-refractivity contribution is 9.10. The van der Waals surface area contributed by atoms with Gasteiger partial charge in [-0.1, -0.05) is 28.1 Å². The van der Waals surface area contributed by atoms with Gasteiger partial charge in [-0.2, -0.15) is 0 Å². The molecule has 7 nitrogen and oxygen atoms in total. The quantitative estimate of drug-likeness (QED) is 0.311. The van der Waals surface area contributed by atoms with Crippen molar-refractivity contribution in [3.05, 3.63) is 98.5 Å². The molecule has 0 aliphatic carbocycles. The van der Waals surface area contributed by atoms with Gasteiger partial charge < -0.3 is 10.1 Å². The number of carbonyl (C=O) groups excluding carboxylic acids is 2. The molecule has 0 saturated heterocycles. The fourth-order valence-electron chi connectivity index (χ4n) is 3.89. The molecule has 0 bridgehead atoms. The van der Waals surface area contributed by atoms with Crippen LogP contribution in [0.1, 0.15) is 28.7 Å². The summed E-state index contributed by atoms with van der Waals surface area (Å²) in [7, 11) is 0. The molecule has 1 aliphatic heterocycles. The van der Waals surface area contributed by atoms with E-state index < -0.39 is 5.97 Å². The monoisotopic (exact) mass is 515 g/mol. The first-order chi connectivity index (χ1) is 16.5. The molecule has 1 aromatic heterocycles. The van der Waals surface area contributed by atoms with Gasteiger partial charge in [-0.25, -0.2) is 9.78 Å². The summed E-state index contributed by atoms with van der Waals surface area (Å²) < 4.78 is 7.31. The number of anilines is 1. The number of aromatic nitrogens is 2. The summed E-state index contributed by atoms with van der Waals surface area (Å²) >= 11 is 3.45. The van der Waals surface area contributed by atoms with Gasteiger partial charge in [0.1, 0.15) is 5.82 Å². The van der Waals surface area contributed by atoms with Gasteiger partial charge in [0.05, 0.1) is 34.3 Å². The lowest BCUT2D eigenvalue weighted by molar-refractivity contribution is -0.110. The molecule has 1 amide bonds. The van der Waals surface area contributed by atoms with E-state index in [-0.39, 0.29) is 18.1 Å². The second-order valence-electron chi connectivity index (χ2n) is 7.60. The van der Waals surface area contributed by atoms with Gasteiger partial charge in [0.25, 0.3) is 11.5 Å². The summed E-state index contributed by atoms with van der Waals surface area (Å²) in [5.74, 6) is -0.421. The molecule has 168 valence electrons. The normalized spacial score (nSPS) is 13.7. The number of amides is 1. The minimum absolute atomic E-state index is 0.270. The van der Waals surface area contributed by atoms with Crippen LogP contribution in [0, 0.1) is 0 Å². The number of fused-ring (bicyclic) bond motifs is 2. The Hall–Kier alpha value is -4.04. The van der Waals surface area contributed by atoms with Crippen LogP contribution in [0.25, 0.3) is 28.2 Å². The Morgan fingerprint density at radius 2 is 1.85 bits per heavy atom. The first-order valence-corrected chi connectivity index (χ1v) is 11.4. The highest BCUT2D eigenvalue weighted by atomic mass is 79.9. The van der Waals surface area contributed by atoms with Crippen molar-refractivity contribution in [2.24, 2.45) is 0 Å². The van der Waals surface area contributed by atoms with E-state index in [2.05, 4.69) is 21.2 Å². The molecule has 8 heteroatoms. The molecule has 4 aromatic rings. The number of para-hydroxylation sites is 1. The van der Waals surface area contributed by atoms with Crippen LogP contribution in [0.5, 0.6) is 0 Å². The van der Waals surface area contributed by atoms with Gasteiger partial charge in [0.2, 0.25) is 0 Å². The lowest BCUT2D eigenvalue weighted by Crippen LogP contribution is -2.22. The van der Waals surface area contributed by atoms with E-state index in [0.717, 1.165) is 4.47 Å². The first-order valence-electron chi connectivity index (χ1n) is 10.6. The zero-order valence-electron chi connectivity index (χ0n) is 18.0. The van der Waals surface area contributed by atoms with Crippen LogP contribution in [-0.2, 0) is 9.53 Å². The summed E-state index contributed by atoms with van der Waals surface area (Å²) in [5, 5.41) is 3.29. The molecule has 0 unspecified atom stereocenters. The number of benzene rings is 3. The Bertz CT molecular complexity index is 1560. The molecule has 34 heavy (non-hydrogen) atoms. The number of hydrogen-bond donors (Lipinski definition) is 1. The summed E-state index contributed by atoms with van der Waals surface area (Å²) in [6, 6.07) is 19.1. The van der Waals surface area contributed by atoms with Gasteiger partial charge in [-0.05, 0) is 67.6 Å². The predicted molar refractivity (Wildman–Crippen MR) is 134 cm³/mol. The molecular weight excluding hydrogens is 498 g/mol. The van der Waals surface area contributed by atoms with Crippen molar-refractivity contribution >= 4 is 56.0 Å². The van der Waals surface area contributed by atoms with Crippen LogP contribution >= 0.6 is 15.9 Å². The van der Waals surface area contributed by atoms with Gasteiger partial charge in [-0.3, -0.25) is 14.2 Å². The highest BCUT2D eigenvalue weighted by Crippen LogP contribution is 2.35. The molecular formula is C26H18BrN3O4. The Balaban J connectivity index is 1.72. The van der Waals surface area contributed by atoms with Crippen LogP contribution < -0.4 is 10.9 Å². The van der Waals surface area contributed by atoms with E-state index in [1.165, 1.54) is 4.57 Å². The molecule has 5 rings (SSSR count). The van der Waals surface area contributed by atoms with E-state index in [4.69, 9.17) is 9.72 Å². The zero-order valence-corrected chi connectivity index (χ0v) is 19.6. The number of rotatable bonds is 4. The number of halogens is 1. The van der Waals surface area contributed by atoms with E-state index in [1.807, 2.05) is 18.2 Å². The Labute approximate surface area is 202 Å². The average molecular weight is 516 g/mol. The van der Waals surface area contributed by atoms with Gasteiger partial charge in [0.15, 0.2) is 0 Å². The molecule has 0 radical (unpaired) electrons. The van der Waals surface area contributed by atoms with E-state index in [1.54, 1.807) is 61.5 Å². The molecule has 0 spiro atoms. The third kappa shape index (κ3) is 3.82. The standard InChI is InChI=1S/C26H18BrN3O4/c1-2-34-26(33)15-7-10-17(11-8-15)30-23(28-21-6-4-3-5-18(21)25(30)32)14-20-19-13-16(27)9-12-22(19)29-24(20)31/h3-14H,2H2,1H3,(H,29,31)/b20-14+. The van der Waals surface area contributed by atoms with E-state index >= 15 is 0 Å². The van der Waals surface area contributed by atoms with E-state index in [0.29, 0.717) is 44.8 Å². The molecule has 1 N–H and O–H groups in total. The summed E-state index contributed by atoms with van der Waals surface area (Å²) in [6.45, 7) is 2.01. The maximum atomic E-state index is 13.5. The molecule has 0 fully saturated rings. The number of carbonyl (C=O) groups is 2. The minimum Gasteiger partial charge on any atom is -0.462 e. The lowest BCUT2D eigenvalue weighted by Gasteiger charge is -2.12. The third-order valence-electron chi connectivity index (χ3n) is 5.48. The Kier molecular flexibility index (Phi) is 5.59. The van der Waals surface area contributed by atoms with Gasteiger partial charge in [0, 0.05) is 15.7 Å². The number of esters is 1. The van der Waals surface area contributed by atoms with Gasteiger partial charge >= 0.3 is 5.97 Å². The number of hydrogen-bond acceptors (Lipinski definition) is 5. The largest absolute Gasteiger partial charge is 0.462 e. The van der Waals surface area contributed by atoms with Crippen molar-refractivity contribution in [2.75, 3.05) is 11.9 Å². The summed E-state index contributed by atoms with van der Waals surface area (Å²) in [4.78, 5) is 43.0. The molecule has 0 saturated carbocycles. The summed E-state index contributed by atoms with van der Waals surface area (Å²) in [6.07, 6.45) is 1.61. The second kappa shape index (κ2) is 8.72. The van der Waals surface area contributed by atoms with Crippen LogP contribution in [0.4, 0.5) is 5.69 Å². The molecule has 2 heterocycles. The maximum absolute atomic E-state index is 13.5. The van der Waals surface area contributed by atoms with Crippen molar-refractivity contribution < 1.29 is 14.3 Å². The number of ether oxygens (including phenoxy) is 1. The predicted octanol–water partition coefficient (Wildman–Crippen LogP) is 4.82. The van der Waals surface area contributed by atoms with E-state index in [9.17, 15) is 14.4 Å². The third-order valence-corrected chi connectivity index (χ3v) is 5.97. The van der Waals surface area contributed by atoms with Crippen LogP contribution in [0.2, 0.25) is 0 Å². The van der Waals surface area contributed by atoms with Crippen LogP contribution in [0.3, 0.4) is 0 Å². The fourth-order valence-corrected chi connectivity index (χ4v) is 4.25. The second-order valence-corrected chi connectivity index (χ2v) is 8.51. The smallest absolute Gasteiger partial charge is 0.338 e. The molecule has 3 aromatic carbocycles. The maximum Gasteiger partial charge on any atom is 0.338 e. The summed E-state index contributed by atoms with van der Waals surface area (Å²) in [5.41, 5.74) is 2.92. The topological polar surface area (TPSA) is 90.3 Å². The van der Waals surface area contributed by atoms with Gasteiger partial charge in [-0.15, -0.1) is 0 Å². The Morgan fingerprint density at radius 1 is 1.09 bits per heavy atom. The molecule has 1 aliphatic rings.